The van der Waals surface area contributed by atoms with Gasteiger partial charge >= 0.3 is 0 Å². The van der Waals surface area contributed by atoms with Crippen molar-refractivity contribution in [1.29, 1.82) is 0 Å². The van der Waals surface area contributed by atoms with E-state index in [2.05, 4.69) is 16.2 Å². The van der Waals surface area contributed by atoms with E-state index in [1.54, 1.807) is 12.1 Å². The molecule has 1 heterocycles. The summed E-state index contributed by atoms with van der Waals surface area (Å²) in [6, 6.07) is 14.2. The summed E-state index contributed by atoms with van der Waals surface area (Å²) in [4.78, 5) is 24.5. The van der Waals surface area contributed by atoms with Crippen LogP contribution in [0, 0.1) is 13.8 Å². The van der Waals surface area contributed by atoms with Gasteiger partial charge in [0.25, 0.3) is 11.8 Å². The predicted octanol–water partition coefficient (Wildman–Crippen LogP) is 1.78. The lowest BCUT2D eigenvalue weighted by molar-refractivity contribution is -0.121. The Kier molecular flexibility index (Phi) is 4.12. The summed E-state index contributed by atoms with van der Waals surface area (Å²) in [5, 5.41) is 2.82. The fraction of sp³-hybridized carbons (Fsp3) is 0.222. The molecule has 5 nitrogen and oxygen atoms in total. The fourth-order valence-electron chi connectivity index (χ4n) is 2.67. The van der Waals surface area contributed by atoms with Crippen molar-refractivity contribution in [2.75, 3.05) is 0 Å². The maximum Gasteiger partial charge on any atom is 0.258 e. The smallest absolute Gasteiger partial charge is 0.258 e. The Morgan fingerprint density at radius 2 is 1.78 bits per heavy atom. The molecule has 2 aromatic carbocycles. The van der Waals surface area contributed by atoms with Gasteiger partial charge in [0.05, 0.1) is 6.04 Å². The van der Waals surface area contributed by atoms with E-state index in [9.17, 15) is 9.59 Å². The van der Waals surface area contributed by atoms with Crippen molar-refractivity contribution in [3.8, 4) is 0 Å². The summed E-state index contributed by atoms with van der Waals surface area (Å²) < 4.78 is 0. The number of nitrogens with one attached hydrogen (secondary N) is 3. The van der Waals surface area contributed by atoms with Crippen LogP contribution in [-0.4, -0.2) is 17.9 Å². The number of rotatable bonds is 3. The van der Waals surface area contributed by atoms with Crippen molar-refractivity contribution in [2.24, 2.45) is 0 Å². The molecule has 1 aliphatic heterocycles. The second-order valence-electron chi connectivity index (χ2n) is 5.84. The minimum Gasteiger partial charge on any atom is -0.338 e. The van der Waals surface area contributed by atoms with Gasteiger partial charge in [-0.25, -0.2) is 5.43 Å². The maximum absolute atomic E-state index is 12.4. The van der Waals surface area contributed by atoms with Gasteiger partial charge in [0.2, 0.25) is 0 Å². The first kappa shape index (κ1) is 15.2. The first-order valence-corrected chi connectivity index (χ1v) is 7.54. The number of carbonyl (C=O) groups excluding carboxylic acids is 2. The van der Waals surface area contributed by atoms with Crippen LogP contribution in [0.15, 0.2) is 48.5 Å². The lowest BCUT2D eigenvalue weighted by Gasteiger charge is -2.18. The molecular formula is C18H19N3O2. The molecule has 2 atom stereocenters. The minimum atomic E-state index is -0.647. The fourth-order valence-corrected chi connectivity index (χ4v) is 2.67. The predicted molar refractivity (Wildman–Crippen MR) is 87.6 cm³/mol. The van der Waals surface area contributed by atoms with E-state index in [1.165, 1.54) is 0 Å². The Bertz CT molecular complexity index is 740. The number of hydrogen-bond donors (Lipinski definition) is 3. The van der Waals surface area contributed by atoms with Crippen molar-refractivity contribution in [3.63, 3.8) is 0 Å². The van der Waals surface area contributed by atoms with Gasteiger partial charge in [-0.3, -0.25) is 15.0 Å². The van der Waals surface area contributed by atoms with Crippen LogP contribution < -0.4 is 16.2 Å². The molecule has 0 aliphatic carbocycles. The van der Waals surface area contributed by atoms with E-state index in [-0.39, 0.29) is 17.9 Å². The van der Waals surface area contributed by atoms with Crippen molar-refractivity contribution >= 4 is 11.8 Å². The van der Waals surface area contributed by atoms with Crippen LogP contribution in [0.4, 0.5) is 0 Å². The van der Waals surface area contributed by atoms with Crippen molar-refractivity contribution < 1.29 is 9.59 Å². The molecule has 0 spiro atoms. The number of aryl methyl sites for hydroxylation is 2. The van der Waals surface area contributed by atoms with Crippen LogP contribution in [0.25, 0.3) is 0 Å². The summed E-state index contributed by atoms with van der Waals surface area (Å²) in [5.41, 5.74) is 9.19. The summed E-state index contributed by atoms with van der Waals surface area (Å²) in [6.45, 7) is 3.93. The molecule has 0 saturated carbocycles. The zero-order valence-electron chi connectivity index (χ0n) is 13.1. The van der Waals surface area contributed by atoms with E-state index >= 15 is 0 Å². The van der Waals surface area contributed by atoms with Crippen LogP contribution in [0.5, 0.6) is 0 Å². The molecule has 3 N–H and O–H groups in total. The van der Waals surface area contributed by atoms with Gasteiger partial charge in [0, 0.05) is 5.56 Å². The van der Waals surface area contributed by atoms with Crippen molar-refractivity contribution in [2.45, 2.75) is 25.9 Å². The third-order valence-corrected chi connectivity index (χ3v) is 3.97. The molecule has 3 rings (SSSR count). The highest BCUT2D eigenvalue weighted by atomic mass is 16.2. The molecule has 23 heavy (non-hydrogen) atoms. The van der Waals surface area contributed by atoms with Gasteiger partial charge in [0.15, 0.2) is 0 Å². The van der Waals surface area contributed by atoms with Gasteiger partial charge in [0.1, 0.15) is 6.04 Å². The van der Waals surface area contributed by atoms with E-state index < -0.39 is 6.04 Å². The molecule has 1 fully saturated rings. The van der Waals surface area contributed by atoms with Crippen LogP contribution in [0.1, 0.15) is 33.1 Å². The average Bonchev–Trinajstić information content (AvgIpc) is 2.89. The van der Waals surface area contributed by atoms with Gasteiger partial charge < -0.3 is 5.32 Å². The van der Waals surface area contributed by atoms with Crippen LogP contribution in [-0.2, 0) is 4.79 Å². The first-order chi connectivity index (χ1) is 11.0. The zero-order chi connectivity index (χ0) is 16.4. The molecule has 1 saturated heterocycles. The molecule has 5 heteroatoms. The zero-order valence-corrected chi connectivity index (χ0v) is 13.1. The van der Waals surface area contributed by atoms with Gasteiger partial charge in [-0.05, 0) is 31.5 Å². The second kappa shape index (κ2) is 6.22. The molecule has 2 aromatic rings. The molecule has 118 valence electrons. The Morgan fingerprint density at radius 3 is 2.48 bits per heavy atom. The molecule has 2 amide bonds. The first-order valence-electron chi connectivity index (χ1n) is 7.54. The lowest BCUT2D eigenvalue weighted by atomic mass is 9.99. The Balaban J connectivity index is 1.80. The minimum absolute atomic E-state index is 0.239. The molecule has 0 radical (unpaired) electrons. The Labute approximate surface area is 135 Å². The number of amides is 2. The monoisotopic (exact) mass is 309 g/mol. The van der Waals surface area contributed by atoms with Crippen LogP contribution in [0.3, 0.4) is 0 Å². The number of carbonyl (C=O) groups is 2. The molecule has 0 unspecified atom stereocenters. The van der Waals surface area contributed by atoms with E-state index in [4.69, 9.17) is 0 Å². The van der Waals surface area contributed by atoms with Gasteiger partial charge in [-0.2, -0.15) is 0 Å². The van der Waals surface area contributed by atoms with Gasteiger partial charge in [-0.1, -0.05) is 47.5 Å². The highest BCUT2D eigenvalue weighted by Crippen LogP contribution is 2.21. The average molecular weight is 309 g/mol. The third kappa shape index (κ3) is 3.24. The van der Waals surface area contributed by atoms with E-state index in [1.807, 2.05) is 50.2 Å². The molecular weight excluding hydrogens is 290 g/mol. The summed E-state index contributed by atoms with van der Waals surface area (Å²) >= 11 is 0. The second-order valence-corrected chi connectivity index (χ2v) is 5.84. The number of hydrogen-bond acceptors (Lipinski definition) is 3. The maximum atomic E-state index is 12.4. The molecule has 0 bridgehead atoms. The van der Waals surface area contributed by atoms with Crippen LogP contribution >= 0.6 is 0 Å². The van der Waals surface area contributed by atoms with Crippen LogP contribution in [0.2, 0.25) is 0 Å². The normalized spacial score (nSPS) is 20.2. The van der Waals surface area contributed by atoms with E-state index in [0.717, 1.165) is 16.7 Å². The third-order valence-electron chi connectivity index (χ3n) is 3.97. The van der Waals surface area contributed by atoms with Crippen molar-refractivity contribution in [1.82, 2.24) is 16.2 Å². The summed E-state index contributed by atoms with van der Waals surface area (Å²) in [5.74, 6) is -0.494. The molecule has 1 aliphatic rings. The molecule has 0 aromatic heterocycles. The Morgan fingerprint density at radius 1 is 1.04 bits per heavy atom. The summed E-state index contributed by atoms with van der Waals surface area (Å²) in [7, 11) is 0. The van der Waals surface area contributed by atoms with E-state index in [0.29, 0.717) is 5.56 Å². The number of hydrazine groups is 1. The SMILES string of the molecule is Cc1ccc([C@H]2NNC(=O)[C@@H]2NC(=O)c2cccc(C)c2)cc1. The largest absolute Gasteiger partial charge is 0.338 e. The van der Waals surface area contributed by atoms with Gasteiger partial charge in [-0.15, -0.1) is 0 Å². The quantitative estimate of drug-likeness (QED) is 0.809. The highest BCUT2D eigenvalue weighted by Gasteiger charge is 2.36. The summed E-state index contributed by atoms with van der Waals surface area (Å²) in [6.07, 6.45) is 0. The number of benzene rings is 2. The lowest BCUT2D eigenvalue weighted by Crippen LogP contribution is -2.42. The standard InChI is InChI=1S/C18H19N3O2/c1-11-6-8-13(9-7-11)15-16(18(23)21-20-15)19-17(22)14-5-3-4-12(2)10-14/h3-10,15-16,20H,1-2H3,(H,19,22)(H,21,23)/t15-,16-/m1/s1. The Hall–Kier alpha value is -2.66. The van der Waals surface area contributed by atoms with Crippen molar-refractivity contribution in [3.05, 3.63) is 70.8 Å². The topological polar surface area (TPSA) is 70.2 Å². The highest BCUT2D eigenvalue weighted by molar-refractivity contribution is 5.98.